The Hall–Kier alpha value is -0.830. The van der Waals surface area contributed by atoms with Crippen LogP contribution >= 0.6 is 0 Å². The number of hydrogen-bond donors (Lipinski definition) is 2. The molecule has 3 nitrogen and oxygen atoms in total. The van der Waals surface area contributed by atoms with Crippen molar-refractivity contribution in [1.82, 2.24) is 9.97 Å². The van der Waals surface area contributed by atoms with E-state index in [9.17, 15) is 0 Å². The first-order chi connectivity index (χ1) is 5.47. The number of H-pyrrole nitrogens is 1. The molecule has 1 atom stereocenters. The van der Waals surface area contributed by atoms with Crippen molar-refractivity contribution in [3.8, 4) is 0 Å². The zero-order valence-electron chi connectivity index (χ0n) is 7.81. The summed E-state index contributed by atoms with van der Waals surface area (Å²) < 4.78 is 0. The van der Waals surface area contributed by atoms with Crippen molar-refractivity contribution in [3.63, 3.8) is 0 Å². The maximum absolute atomic E-state index is 6.21. The van der Waals surface area contributed by atoms with Crippen LogP contribution in [-0.4, -0.2) is 9.97 Å². The number of aromatic amines is 1. The summed E-state index contributed by atoms with van der Waals surface area (Å²) in [5.74, 6) is 0. The molecule has 3 heteroatoms. The van der Waals surface area contributed by atoms with Gasteiger partial charge < -0.3 is 10.7 Å². The summed E-state index contributed by atoms with van der Waals surface area (Å²) in [5.41, 5.74) is 8.38. The molecule has 1 saturated carbocycles. The smallest absolute Gasteiger partial charge is 0.0926 e. The second-order valence-electron chi connectivity index (χ2n) is 4.41. The predicted octanol–water partition coefficient (Wildman–Crippen LogP) is 1.30. The quantitative estimate of drug-likeness (QED) is 0.659. The molecule has 0 bridgehead atoms. The maximum atomic E-state index is 6.21. The van der Waals surface area contributed by atoms with Gasteiger partial charge in [0, 0.05) is 5.69 Å². The van der Waals surface area contributed by atoms with Crippen LogP contribution in [0.4, 0.5) is 0 Å². The Morgan fingerprint density at radius 1 is 1.58 bits per heavy atom. The third-order valence-electron chi connectivity index (χ3n) is 3.06. The fraction of sp³-hybridized carbons (Fsp3) is 0.667. The van der Waals surface area contributed by atoms with E-state index in [1.165, 1.54) is 0 Å². The third-order valence-corrected chi connectivity index (χ3v) is 3.06. The lowest BCUT2D eigenvalue weighted by Crippen LogP contribution is -2.26. The lowest BCUT2D eigenvalue weighted by Gasteiger charge is -2.12. The molecule has 1 aliphatic rings. The van der Waals surface area contributed by atoms with Crippen LogP contribution in [0.3, 0.4) is 0 Å². The van der Waals surface area contributed by atoms with E-state index in [-0.39, 0.29) is 11.0 Å². The van der Waals surface area contributed by atoms with Crippen molar-refractivity contribution in [2.45, 2.75) is 32.7 Å². The van der Waals surface area contributed by atoms with E-state index in [2.05, 4.69) is 23.8 Å². The standard InChI is InChI=1S/C9H15N3/c1-6-7(12-5-11-6)9(10)4-8(9,2)3/h5H,4,10H2,1-3H3,(H,11,12). The molecule has 0 spiro atoms. The molecule has 1 aromatic rings. The number of hydrogen-bond acceptors (Lipinski definition) is 2. The molecule has 1 aliphatic carbocycles. The van der Waals surface area contributed by atoms with E-state index >= 15 is 0 Å². The monoisotopic (exact) mass is 165 g/mol. The number of rotatable bonds is 1. The average molecular weight is 165 g/mol. The third kappa shape index (κ3) is 0.771. The Kier molecular flexibility index (Phi) is 1.24. The van der Waals surface area contributed by atoms with Crippen molar-refractivity contribution >= 4 is 0 Å². The van der Waals surface area contributed by atoms with Gasteiger partial charge in [0.25, 0.3) is 0 Å². The van der Waals surface area contributed by atoms with Crippen molar-refractivity contribution in [2.75, 3.05) is 0 Å². The Bertz CT molecular complexity index is 313. The van der Waals surface area contributed by atoms with Crippen LogP contribution in [0, 0.1) is 12.3 Å². The van der Waals surface area contributed by atoms with Gasteiger partial charge in [0.2, 0.25) is 0 Å². The van der Waals surface area contributed by atoms with Gasteiger partial charge in [0.15, 0.2) is 0 Å². The zero-order valence-corrected chi connectivity index (χ0v) is 7.81. The summed E-state index contributed by atoms with van der Waals surface area (Å²) in [6.45, 7) is 6.38. The summed E-state index contributed by atoms with van der Waals surface area (Å²) in [5, 5.41) is 0. The topological polar surface area (TPSA) is 54.7 Å². The van der Waals surface area contributed by atoms with E-state index in [0.717, 1.165) is 17.8 Å². The van der Waals surface area contributed by atoms with Crippen molar-refractivity contribution in [3.05, 3.63) is 17.7 Å². The summed E-state index contributed by atoms with van der Waals surface area (Å²) in [4.78, 5) is 7.33. The molecule has 0 radical (unpaired) electrons. The zero-order chi connectivity index (χ0) is 8.98. The van der Waals surface area contributed by atoms with Crippen LogP contribution < -0.4 is 5.73 Å². The molecule has 1 aromatic heterocycles. The van der Waals surface area contributed by atoms with E-state index in [0.29, 0.717) is 0 Å². The molecule has 0 saturated heterocycles. The highest BCUT2D eigenvalue weighted by Crippen LogP contribution is 2.60. The molecule has 1 unspecified atom stereocenters. The SMILES string of the molecule is Cc1[nH]cnc1C1(N)CC1(C)C. The summed E-state index contributed by atoms with van der Waals surface area (Å²) in [6.07, 6.45) is 2.75. The number of imidazole rings is 1. The maximum Gasteiger partial charge on any atom is 0.0926 e. The molecule has 0 aromatic carbocycles. The largest absolute Gasteiger partial charge is 0.348 e. The van der Waals surface area contributed by atoms with Crippen LogP contribution in [0.25, 0.3) is 0 Å². The second kappa shape index (κ2) is 1.91. The first-order valence-corrected chi connectivity index (χ1v) is 4.27. The molecular formula is C9H15N3. The second-order valence-corrected chi connectivity index (χ2v) is 4.41. The number of aryl methyl sites for hydroxylation is 1. The molecule has 66 valence electrons. The van der Waals surface area contributed by atoms with Gasteiger partial charge in [-0.15, -0.1) is 0 Å². The van der Waals surface area contributed by atoms with E-state index in [4.69, 9.17) is 5.73 Å². The predicted molar refractivity (Wildman–Crippen MR) is 47.6 cm³/mol. The van der Waals surface area contributed by atoms with Gasteiger partial charge in [-0.2, -0.15) is 0 Å². The fourth-order valence-electron chi connectivity index (χ4n) is 1.87. The molecule has 2 rings (SSSR count). The van der Waals surface area contributed by atoms with Gasteiger partial charge >= 0.3 is 0 Å². The molecule has 0 amide bonds. The van der Waals surface area contributed by atoms with E-state index in [1.807, 2.05) is 6.92 Å². The first kappa shape index (κ1) is 7.80. The van der Waals surface area contributed by atoms with E-state index in [1.54, 1.807) is 6.33 Å². The Balaban J connectivity index is 2.40. The van der Waals surface area contributed by atoms with Crippen LogP contribution in [-0.2, 0) is 5.54 Å². The number of aromatic nitrogens is 2. The van der Waals surface area contributed by atoms with Gasteiger partial charge in [-0.3, -0.25) is 0 Å². The molecular weight excluding hydrogens is 150 g/mol. The van der Waals surface area contributed by atoms with Crippen molar-refractivity contribution < 1.29 is 0 Å². The Labute approximate surface area is 72.4 Å². The normalized spacial score (nSPS) is 32.0. The lowest BCUT2D eigenvalue weighted by atomic mass is 10.0. The minimum absolute atomic E-state index is 0.183. The van der Waals surface area contributed by atoms with Gasteiger partial charge in [-0.05, 0) is 18.8 Å². The summed E-state index contributed by atoms with van der Waals surface area (Å²) in [7, 11) is 0. The van der Waals surface area contributed by atoms with Gasteiger partial charge in [0.1, 0.15) is 0 Å². The molecule has 1 heterocycles. The Morgan fingerprint density at radius 3 is 2.50 bits per heavy atom. The fourth-order valence-corrected chi connectivity index (χ4v) is 1.87. The first-order valence-electron chi connectivity index (χ1n) is 4.27. The highest BCUT2D eigenvalue weighted by atomic mass is 15.0. The molecule has 0 aliphatic heterocycles. The van der Waals surface area contributed by atoms with Gasteiger partial charge in [0.05, 0.1) is 17.6 Å². The Morgan fingerprint density at radius 2 is 2.17 bits per heavy atom. The highest BCUT2D eigenvalue weighted by Gasteiger charge is 2.61. The van der Waals surface area contributed by atoms with Crippen LogP contribution in [0.1, 0.15) is 31.7 Å². The molecule has 3 N–H and O–H groups in total. The van der Waals surface area contributed by atoms with Crippen LogP contribution in [0.5, 0.6) is 0 Å². The van der Waals surface area contributed by atoms with E-state index < -0.39 is 0 Å². The van der Waals surface area contributed by atoms with Gasteiger partial charge in [-0.25, -0.2) is 4.98 Å². The number of nitrogens with one attached hydrogen (secondary N) is 1. The highest BCUT2D eigenvalue weighted by molar-refractivity contribution is 5.32. The molecule has 12 heavy (non-hydrogen) atoms. The van der Waals surface area contributed by atoms with Crippen molar-refractivity contribution in [1.29, 1.82) is 0 Å². The molecule has 1 fully saturated rings. The van der Waals surface area contributed by atoms with Gasteiger partial charge in [-0.1, -0.05) is 13.8 Å². The number of nitrogens with zero attached hydrogens (tertiary/aromatic N) is 1. The van der Waals surface area contributed by atoms with Crippen LogP contribution in [0.2, 0.25) is 0 Å². The summed E-state index contributed by atoms with van der Waals surface area (Å²) in [6, 6.07) is 0. The minimum atomic E-state index is -0.183. The summed E-state index contributed by atoms with van der Waals surface area (Å²) >= 11 is 0. The number of nitrogens with two attached hydrogens (primary N) is 1. The van der Waals surface area contributed by atoms with Crippen molar-refractivity contribution in [2.24, 2.45) is 11.1 Å². The average Bonchev–Trinajstić information content (AvgIpc) is 2.36. The lowest BCUT2D eigenvalue weighted by molar-refractivity contribution is 0.499. The van der Waals surface area contributed by atoms with Crippen LogP contribution in [0.15, 0.2) is 6.33 Å². The minimum Gasteiger partial charge on any atom is -0.348 e.